The van der Waals surface area contributed by atoms with Crippen molar-refractivity contribution >= 4 is 17.2 Å². The lowest BCUT2D eigenvalue weighted by Gasteiger charge is -2.35. The molecule has 22 heavy (non-hydrogen) atoms. The van der Waals surface area contributed by atoms with E-state index in [2.05, 4.69) is 16.8 Å². The van der Waals surface area contributed by atoms with Crippen molar-refractivity contribution in [3.8, 4) is 0 Å². The monoisotopic (exact) mass is 325 g/mol. The lowest BCUT2D eigenvalue weighted by molar-refractivity contribution is -0.906. The summed E-state index contributed by atoms with van der Waals surface area (Å²) in [5.41, 5.74) is -0.382. The molecule has 2 saturated heterocycles. The van der Waals surface area contributed by atoms with Gasteiger partial charge < -0.3 is 19.7 Å². The molecule has 0 radical (unpaired) electrons. The summed E-state index contributed by atoms with van der Waals surface area (Å²) in [6.07, 6.45) is 1.56. The molecule has 0 aliphatic carbocycles. The summed E-state index contributed by atoms with van der Waals surface area (Å²) >= 11 is 1.68. The third-order valence-corrected chi connectivity index (χ3v) is 5.81. The first-order chi connectivity index (χ1) is 10.8. The number of morpholine rings is 1. The van der Waals surface area contributed by atoms with E-state index in [4.69, 9.17) is 9.47 Å². The first kappa shape index (κ1) is 15.9. The van der Waals surface area contributed by atoms with Crippen LogP contribution in [0.25, 0.3) is 0 Å². The minimum Gasteiger partial charge on any atom is -0.381 e. The van der Waals surface area contributed by atoms with Crippen molar-refractivity contribution in [3.63, 3.8) is 0 Å². The van der Waals surface area contributed by atoms with Gasteiger partial charge in [0.15, 0.2) is 0 Å². The molecule has 2 fully saturated rings. The molecule has 0 atom stereocenters. The van der Waals surface area contributed by atoms with E-state index in [0.29, 0.717) is 13.2 Å². The van der Waals surface area contributed by atoms with Crippen LogP contribution in [0.4, 0.5) is 0 Å². The quantitative estimate of drug-likeness (QED) is 0.790. The molecular formula is C16H25N2O3S+. The van der Waals surface area contributed by atoms with E-state index in [1.165, 1.54) is 9.78 Å². The molecule has 122 valence electrons. The summed E-state index contributed by atoms with van der Waals surface area (Å²) in [6.45, 7) is 6.80. The Balaban J connectivity index is 1.58. The average Bonchev–Trinajstić information content (AvgIpc) is 3.11. The lowest BCUT2D eigenvalue weighted by Crippen LogP contribution is -3.14. The zero-order valence-corrected chi connectivity index (χ0v) is 13.8. The Morgan fingerprint density at radius 1 is 1.23 bits per heavy atom. The molecular weight excluding hydrogens is 300 g/mol. The first-order valence-electron chi connectivity index (χ1n) is 8.13. The maximum Gasteiger partial charge on any atom is 0.231 e. The van der Waals surface area contributed by atoms with Gasteiger partial charge in [-0.15, -0.1) is 11.3 Å². The number of rotatable bonds is 5. The number of ether oxygens (including phenoxy) is 2. The SMILES string of the molecule is O=C(NCC[NH+]1CCOCC1)C1(c2cccs2)CCOCC1. The second-order valence-corrected chi connectivity index (χ2v) is 6.99. The fourth-order valence-electron chi connectivity index (χ4n) is 3.29. The fourth-order valence-corrected chi connectivity index (χ4v) is 4.27. The van der Waals surface area contributed by atoms with Gasteiger partial charge in [-0.1, -0.05) is 6.07 Å². The summed E-state index contributed by atoms with van der Waals surface area (Å²) in [7, 11) is 0. The number of quaternary nitrogens is 1. The number of thiophene rings is 1. The predicted molar refractivity (Wildman–Crippen MR) is 85.4 cm³/mol. The van der Waals surface area contributed by atoms with Crippen molar-refractivity contribution in [2.45, 2.75) is 18.3 Å². The summed E-state index contributed by atoms with van der Waals surface area (Å²) in [4.78, 5) is 15.6. The Labute approximate surface area is 135 Å². The summed E-state index contributed by atoms with van der Waals surface area (Å²) in [5.74, 6) is 0.172. The van der Waals surface area contributed by atoms with Gasteiger partial charge in [-0.2, -0.15) is 0 Å². The molecule has 0 aromatic carbocycles. The van der Waals surface area contributed by atoms with Crippen LogP contribution in [0, 0.1) is 0 Å². The normalized spacial score (nSPS) is 22.4. The highest BCUT2D eigenvalue weighted by atomic mass is 32.1. The highest BCUT2D eigenvalue weighted by Crippen LogP contribution is 2.37. The van der Waals surface area contributed by atoms with Crippen LogP contribution in [-0.4, -0.2) is 58.5 Å². The second kappa shape index (κ2) is 7.55. The van der Waals surface area contributed by atoms with E-state index in [1.807, 2.05) is 6.07 Å². The number of hydrogen-bond donors (Lipinski definition) is 2. The minimum absolute atomic E-state index is 0.172. The molecule has 0 saturated carbocycles. The summed E-state index contributed by atoms with van der Waals surface area (Å²) < 4.78 is 10.8. The van der Waals surface area contributed by atoms with Crippen molar-refractivity contribution < 1.29 is 19.2 Å². The van der Waals surface area contributed by atoms with Crippen LogP contribution in [0.5, 0.6) is 0 Å². The van der Waals surface area contributed by atoms with E-state index >= 15 is 0 Å². The summed E-state index contributed by atoms with van der Waals surface area (Å²) in [6, 6.07) is 4.12. The molecule has 0 bridgehead atoms. The van der Waals surface area contributed by atoms with Gasteiger partial charge in [-0.3, -0.25) is 4.79 Å². The van der Waals surface area contributed by atoms with Gasteiger partial charge >= 0.3 is 0 Å². The number of carbonyl (C=O) groups is 1. The Bertz CT molecular complexity index is 466. The number of hydrogen-bond acceptors (Lipinski definition) is 4. The third kappa shape index (κ3) is 3.51. The Hall–Kier alpha value is -0.950. The number of nitrogens with one attached hydrogen (secondary N) is 2. The molecule has 2 aliphatic rings. The standard InChI is InChI=1S/C16H24N2O3S/c19-15(17-5-6-18-7-11-21-12-8-18)16(3-9-20-10-4-16)14-2-1-13-22-14/h1-2,13H,3-12H2,(H,17,19)/p+1. The molecule has 2 N–H and O–H groups in total. The number of amides is 1. The molecule has 1 aromatic rings. The zero-order valence-electron chi connectivity index (χ0n) is 12.9. The van der Waals surface area contributed by atoms with Crippen molar-refractivity contribution in [2.75, 3.05) is 52.6 Å². The maximum absolute atomic E-state index is 12.9. The third-order valence-electron chi connectivity index (χ3n) is 4.74. The van der Waals surface area contributed by atoms with Crippen LogP contribution >= 0.6 is 11.3 Å². The van der Waals surface area contributed by atoms with E-state index in [9.17, 15) is 4.79 Å². The molecule has 2 aliphatic heterocycles. The van der Waals surface area contributed by atoms with Gasteiger partial charge in [0.05, 0.1) is 31.7 Å². The van der Waals surface area contributed by atoms with E-state index < -0.39 is 0 Å². The molecule has 0 spiro atoms. The van der Waals surface area contributed by atoms with Gasteiger partial charge in [0.25, 0.3) is 0 Å². The van der Waals surface area contributed by atoms with Crippen molar-refractivity contribution in [3.05, 3.63) is 22.4 Å². The van der Waals surface area contributed by atoms with E-state index in [0.717, 1.165) is 52.2 Å². The smallest absolute Gasteiger partial charge is 0.231 e. The molecule has 1 aromatic heterocycles. The summed E-state index contributed by atoms with van der Waals surface area (Å²) in [5, 5.41) is 5.23. The largest absolute Gasteiger partial charge is 0.381 e. The van der Waals surface area contributed by atoms with Crippen molar-refractivity contribution in [1.82, 2.24) is 5.32 Å². The molecule has 5 nitrogen and oxygen atoms in total. The fraction of sp³-hybridized carbons (Fsp3) is 0.688. The topological polar surface area (TPSA) is 52.0 Å². The van der Waals surface area contributed by atoms with Crippen molar-refractivity contribution in [1.29, 1.82) is 0 Å². The molecule has 0 unspecified atom stereocenters. The zero-order chi connectivity index (χ0) is 15.3. The molecule has 3 rings (SSSR count). The Kier molecular flexibility index (Phi) is 5.46. The Morgan fingerprint density at radius 3 is 2.64 bits per heavy atom. The molecule has 1 amide bonds. The first-order valence-corrected chi connectivity index (χ1v) is 9.00. The van der Waals surface area contributed by atoms with Crippen molar-refractivity contribution in [2.24, 2.45) is 0 Å². The van der Waals surface area contributed by atoms with Gasteiger partial charge in [0.1, 0.15) is 13.1 Å². The van der Waals surface area contributed by atoms with Crippen LogP contribution in [0.15, 0.2) is 17.5 Å². The van der Waals surface area contributed by atoms with Crippen LogP contribution in [0.3, 0.4) is 0 Å². The van der Waals surface area contributed by atoms with Crippen LogP contribution in [0.1, 0.15) is 17.7 Å². The number of carbonyl (C=O) groups excluding carboxylic acids is 1. The maximum atomic E-state index is 12.9. The molecule has 3 heterocycles. The van der Waals surface area contributed by atoms with Crippen LogP contribution in [-0.2, 0) is 19.7 Å². The minimum atomic E-state index is -0.382. The van der Waals surface area contributed by atoms with E-state index in [1.54, 1.807) is 11.3 Å². The second-order valence-electron chi connectivity index (χ2n) is 6.04. The Morgan fingerprint density at radius 2 is 1.95 bits per heavy atom. The van der Waals surface area contributed by atoms with Gasteiger partial charge in [-0.25, -0.2) is 0 Å². The molecule has 6 heteroatoms. The van der Waals surface area contributed by atoms with Crippen LogP contribution in [0.2, 0.25) is 0 Å². The van der Waals surface area contributed by atoms with Gasteiger partial charge in [-0.05, 0) is 24.3 Å². The highest BCUT2D eigenvalue weighted by molar-refractivity contribution is 7.10. The lowest BCUT2D eigenvalue weighted by atomic mass is 9.78. The average molecular weight is 325 g/mol. The van der Waals surface area contributed by atoms with Gasteiger partial charge in [0.2, 0.25) is 5.91 Å². The van der Waals surface area contributed by atoms with Crippen LogP contribution < -0.4 is 10.2 Å². The van der Waals surface area contributed by atoms with Gasteiger partial charge in [0, 0.05) is 18.1 Å². The predicted octanol–water partition coefficient (Wildman–Crippen LogP) is -0.172. The highest BCUT2D eigenvalue weighted by Gasteiger charge is 2.42. The van der Waals surface area contributed by atoms with E-state index in [-0.39, 0.29) is 11.3 Å².